The Bertz CT molecular complexity index is 190. The summed E-state index contributed by atoms with van der Waals surface area (Å²) < 4.78 is 5.00. The van der Waals surface area contributed by atoms with Gasteiger partial charge in [0.25, 0.3) is 0 Å². The topological polar surface area (TPSA) is 73.6 Å². The molecule has 0 aromatic rings. The average molecular weight is 218 g/mol. The highest BCUT2D eigenvalue weighted by atomic mass is 16.7. The second-order valence-corrected chi connectivity index (χ2v) is 4.33. The molecule has 5 nitrogen and oxygen atoms in total. The summed E-state index contributed by atoms with van der Waals surface area (Å²) in [5.41, 5.74) is 7.14. The quantitative estimate of drug-likeness (QED) is 0.687. The highest BCUT2D eigenvalue weighted by molar-refractivity contribution is 5.66. The molecule has 15 heavy (non-hydrogen) atoms. The summed E-state index contributed by atoms with van der Waals surface area (Å²) in [6, 6.07) is 0. The van der Waals surface area contributed by atoms with Crippen LogP contribution in [-0.2, 0) is 9.57 Å². The molecule has 0 aliphatic carbocycles. The highest BCUT2D eigenvalue weighted by Gasteiger charge is 2.17. The van der Waals surface area contributed by atoms with E-state index in [1.165, 1.54) is 0 Å². The van der Waals surface area contributed by atoms with Crippen LogP contribution in [0.1, 0.15) is 40.5 Å². The number of rotatable bonds is 5. The predicted molar refractivity (Wildman–Crippen MR) is 58.2 cm³/mol. The average Bonchev–Trinajstić information content (AvgIpc) is 2.09. The molecule has 0 rings (SSSR count). The number of hydroxylamine groups is 1. The van der Waals surface area contributed by atoms with Gasteiger partial charge in [0, 0.05) is 0 Å². The van der Waals surface area contributed by atoms with Crippen LogP contribution in [0.5, 0.6) is 0 Å². The molecular weight excluding hydrogens is 196 g/mol. The molecule has 0 fully saturated rings. The van der Waals surface area contributed by atoms with Crippen molar-refractivity contribution in [3.05, 3.63) is 0 Å². The SMILES string of the molecule is CCC(CCN)ONC(=O)OC(C)(C)C. The molecule has 0 bridgehead atoms. The summed E-state index contributed by atoms with van der Waals surface area (Å²) in [5, 5.41) is 0. The minimum Gasteiger partial charge on any atom is -0.442 e. The zero-order chi connectivity index (χ0) is 11.9. The number of carbonyl (C=O) groups is 1. The number of ether oxygens (including phenoxy) is 1. The van der Waals surface area contributed by atoms with E-state index in [1.54, 1.807) is 20.8 Å². The first kappa shape index (κ1) is 14.2. The summed E-state index contributed by atoms with van der Waals surface area (Å²) in [7, 11) is 0. The van der Waals surface area contributed by atoms with Gasteiger partial charge < -0.3 is 10.5 Å². The Hall–Kier alpha value is -0.810. The van der Waals surface area contributed by atoms with Crippen molar-refractivity contribution in [2.45, 2.75) is 52.2 Å². The van der Waals surface area contributed by atoms with Gasteiger partial charge in [-0.2, -0.15) is 5.48 Å². The van der Waals surface area contributed by atoms with Crippen LogP contribution in [0.15, 0.2) is 0 Å². The molecule has 90 valence electrons. The minimum absolute atomic E-state index is 0.0532. The molecule has 3 N–H and O–H groups in total. The van der Waals surface area contributed by atoms with Crippen LogP contribution >= 0.6 is 0 Å². The van der Waals surface area contributed by atoms with E-state index in [9.17, 15) is 4.79 Å². The normalized spacial score (nSPS) is 13.4. The Labute approximate surface area is 91.3 Å². The standard InChI is InChI=1S/C10H22N2O3/c1-5-8(6-7-11)15-12-9(13)14-10(2,3)4/h8H,5-7,11H2,1-4H3,(H,12,13). The summed E-state index contributed by atoms with van der Waals surface area (Å²) in [6.07, 6.45) is 0.889. The summed E-state index contributed by atoms with van der Waals surface area (Å²) in [4.78, 5) is 16.3. The van der Waals surface area contributed by atoms with Crippen LogP contribution in [0.2, 0.25) is 0 Å². The first-order chi connectivity index (χ1) is 6.89. The maximum atomic E-state index is 11.2. The van der Waals surface area contributed by atoms with Crippen molar-refractivity contribution in [1.29, 1.82) is 0 Å². The summed E-state index contributed by atoms with van der Waals surface area (Å²) in [5.74, 6) is 0. The Morgan fingerprint density at radius 3 is 2.47 bits per heavy atom. The molecule has 0 spiro atoms. The summed E-state index contributed by atoms with van der Waals surface area (Å²) >= 11 is 0. The van der Waals surface area contributed by atoms with Gasteiger partial charge >= 0.3 is 6.09 Å². The van der Waals surface area contributed by atoms with Crippen LogP contribution < -0.4 is 11.2 Å². The Balaban J connectivity index is 3.78. The second-order valence-electron chi connectivity index (χ2n) is 4.33. The van der Waals surface area contributed by atoms with Crippen molar-refractivity contribution in [1.82, 2.24) is 5.48 Å². The Kier molecular flexibility index (Phi) is 6.27. The van der Waals surface area contributed by atoms with E-state index in [0.29, 0.717) is 13.0 Å². The molecular formula is C10H22N2O3. The zero-order valence-corrected chi connectivity index (χ0v) is 10.0. The molecule has 0 heterocycles. The summed E-state index contributed by atoms with van der Waals surface area (Å²) in [6.45, 7) is 7.89. The molecule has 0 saturated carbocycles. The number of nitrogens with two attached hydrogens (primary N) is 1. The van der Waals surface area contributed by atoms with Gasteiger partial charge in [0.2, 0.25) is 0 Å². The van der Waals surface area contributed by atoms with Crippen molar-refractivity contribution in [3.63, 3.8) is 0 Å². The van der Waals surface area contributed by atoms with E-state index in [2.05, 4.69) is 5.48 Å². The van der Waals surface area contributed by atoms with Gasteiger partial charge in [-0.15, -0.1) is 0 Å². The van der Waals surface area contributed by atoms with E-state index >= 15 is 0 Å². The van der Waals surface area contributed by atoms with Crippen molar-refractivity contribution in [2.75, 3.05) is 6.54 Å². The van der Waals surface area contributed by atoms with Crippen molar-refractivity contribution in [2.24, 2.45) is 5.73 Å². The number of nitrogens with one attached hydrogen (secondary N) is 1. The van der Waals surface area contributed by atoms with E-state index in [4.69, 9.17) is 15.3 Å². The van der Waals surface area contributed by atoms with E-state index < -0.39 is 11.7 Å². The van der Waals surface area contributed by atoms with E-state index in [1.807, 2.05) is 6.92 Å². The van der Waals surface area contributed by atoms with Gasteiger partial charge in [-0.05, 0) is 40.2 Å². The van der Waals surface area contributed by atoms with Crippen LogP contribution in [-0.4, -0.2) is 24.3 Å². The molecule has 5 heteroatoms. The maximum absolute atomic E-state index is 11.2. The van der Waals surface area contributed by atoms with Crippen molar-refractivity contribution in [3.8, 4) is 0 Å². The lowest BCUT2D eigenvalue weighted by Gasteiger charge is -2.21. The number of hydrogen-bond acceptors (Lipinski definition) is 4. The first-order valence-corrected chi connectivity index (χ1v) is 5.23. The Morgan fingerprint density at radius 1 is 1.47 bits per heavy atom. The van der Waals surface area contributed by atoms with E-state index in [0.717, 1.165) is 6.42 Å². The second kappa shape index (κ2) is 6.63. The van der Waals surface area contributed by atoms with Gasteiger partial charge in [-0.3, -0.25) is 4.84 Å². The van der Waals surface area contributed by atoms with Crippen LogP contribution in [0.4, 0.5) is 4.79 Å². The molecule has 0 radical (unpaired) electrons. The third-order valence-electron chi connectivity index (χ3n) is 1.65. The molecule has 0 aliphatic rings. The van der Waals surface area contributed by atoms with Crippen LogP contribution in [0, 0.1) is 0 Å². The van der Waals surface area contributed by atoms with Crippen molar-refractivity contribution < 1.29 is 14.4 Å². The van der Waals surface area contributed by atoms with Gasteiger partial charge in [0.1, 0.15) is 5.60 Å². The lowest BCUT2D eigenvalue weighted by atomic mass is 10.2. The van der Waals surface area contributed by atoms with Gasteiger partial charge in [-0.1, -0.05) is 6.92 Å². The monoisotopic (exact) mass is 218 g/mol. The lowest BCUT2D eigenvalue weighted by Crippen LogP contribution is -2.35. The maximum Gasteiger partial charge on any atom is 0.431 e. The molecule has 1 unspecified atom stereocenters. The van der Waals surface area contributed by atoms with E-state index in [-0.39, 0.29) is 6.10 Å². The number of carbonyl (C=O) groups excluding carboxylic acids is 1. The smallest absolute Gasteiger partial charge is 0.431 e. The largest absolute Gasteiger partial charge is 0.442 e. The fourth-order valence-corrected chi connectivity index (χ4v) is 0.963. The predicted octanol–water partition coefficient (Wildman–Crippen LogP) is 1.57. The molecule has 1 amide bonds. The highest BCUT2D eigenvalue weighted by Crippen LogP contribution is 2.07. The van der Waals surface area contributed by atoms with Crippen LogP contribution in [0.25, 0.3) is 0 Å². The number of hydrogen-bond donors (Lipinski definition) is 2. The number of amides is 1. The molecule has 0 aliphatic heterocycles. The van der Waals surface area contributed by atoms with Gasteiger partial charge in [-0.25, -0.2) is 4.79 Å². The van der Waals surface area contributed by atoms with Crippen molar-refractivity contribution >= 4 is 6.09 Å². The van der Waals surface area contributed by atoms with Gasteiger partial charge in [0.05, 0.1) is 6.10 Å². The Morgan fingerprint density at radius 2 is 2.07 bits per heavy atom. The molecule has 0 aromatic heterocycles. The molecule has 0 aromatic carbocycles. The fourth-order valence-electron chi connectivity index (χ4n) is 0.963. The first-order valence-electron chi connectivity index (χ1n) is 5.23. The minimum atomic E-state index is -0.571. The third kappa shape index (κ3) is 8.20. The van der Waals surface area contributed by atoms with Crippen LogP contribution in [0.3, 0.4) is 0 Å². The zero-order valence-electron chi connectivity index (χ0n) is 10.0. The fraction of sp³-hybridized carbons (Fsp3) is 0.900. The lowest BCUT2D eigenvalue weighted by molar-refractivity contribution is -0.0450. The molecule has 0 saturated heterocycles. The third-order valence-corrected chi connectivity index (χ3v) is 1.65. The molecule has 1 atom stereocenters. The van der Waals surface area contributed by atoms with Gasteiger partial charge in [0.15, 0.2) is 0 Å².